The number of nitrogens with one attached hydrogen (secondary N) is 1. The maximum atomic E-state index is 12.0. The van der Waals surface area contributed by atoms with Crippen LogP contribution in [-0.2, 0) is 25.6 Å². The lowest BCUT2D eigenvalue weighted by atomic mass is 10.2. The van der Waals surface area contributed by atoms with Crippen LogP contribution in [0, 0.1) is 5.92 Å². The lowest BCUT2D eigenvalue weighted by Crippen LogP contribution is -2.25. The normalized spacial score (nSPS) is 16.5. The van der Waals surface area contributed by atoms with E-state index < -0.39 is 19.9 Å². The first kappa shape index (κ1) is 14.5. The molecule has 0 radical (unpaired) electrons. The molecule has 0 unspecified atom stereocenters. The zero-order valence-corrected chi connectivity index (χ0v) is 12.3. The Labute approximate surface area is 114 Å². The van der Waals surface area contributed by atoms with Crippen LogP contribution in [0.25, 0.3) is 0 Å². The molecule has 0 atom stereocenters. The van der Waals surface area contributed by atoms with Crippen molar-refractivity contribution in [3.8, 4) is 0 Å². The van der Waals surface area contributed by atoms with Crippen LogP contribution in [0.4, 0.5) is 0 Å². The van der Waals surface area contributed by atoms with Gasteiger partial charge in [-0.2, -0.15) is 0 Å². The molecule has 0 aliphatic heterocycles. The van der Waals surface area contributed by atoms with E-state index in [1.165, 1.54) is 12.1 Å². The largest absolute Gasteiger partial charge is 0.240 e. The van der Waals surface area contributed by atoms with E-state index in [1.54, 1.807) is 12.1 Å². The smallest absolute Gasteiger partial charge is 0.229 e. The summed E-state index contributed by atoms with van der Waals surface area (Å²) < 4.78 is 49.0. The van der Waals surface area contributed by atoms with Crippen LogP contribution in [0.3, 0.4) is 0 Å². The molecule has 1 aliphatic carbocycles. The van der Waals surface area contributed by atoms with Gasteiger partial charge in [-0.05, 0) is 36.5 Å². The van der Waals surface area contributed by atoms with Gasteiger partial charge >= 0.3 is 0 Å². The van der Waals surface area contributed by atoms with E-state index in [-0.39, 0.29) is 10.6 Å². The lowest BCUT2D eigenvalue weighted by Gasteiger charge is -2.07. The van der Waals surface area contributed by atoms with Crippen LogP contribution < -0.4 is 4.72 Å². The van der Waals surface area contributed by atoms with Crippen LogP contribution in [0.1, 0.15) is 18.4 Å². The number of sulfone groups is 1. The van der Waals surface area contributed by atoms with E-state index in [4.69, 9.17) is 0 Å². The van der Waals surface area contributed by atoms with Crippen molar-refractivity contribution >= 4 is 19.9 Å². The maximum Gasteiger partial charge on any atom is 0.240 e. The molecule has 0 saturated heterocycles. The van der Waals surface area contributed by atoms with Crippen LogP contribution in [0.15, 0.2) is 29.2 Å². The summed E-state index contributed by atoms with van der Waals surface area (Å²) in [5.74, 6) is 0.299. The van der Waals surface area contributed by atoms with Crippen LogP contribution in [0.2, 0.25) is 0 Å². The predicted octanol–water partition coefficient (Wildman–Crippen LogP) is 0.919. The molecule has 0 aromatic heterocycles. The summed E-state index contributed by atoms with van der Waals surface area (Å²) in [5, 5.41) is 0. The second-order valence-corrected chi connectivity index (χ2v) is 8.92. The Kier molecular flexibility index (Phi) is 3.98. The molecule has 0 amide bonds. The van der Waals surface area contributed by atoms with Gasteiger partial charge in [0.2, 0.25) is 10.0 Å². The van der Waals surface area contributed by atoms with Gasteiger partial charge in [0.05, 0.1) is 10.6 Å². The number of benzene rings is 1. The van der Waals surface area contributed by atoms with Crippen molar-refractivity contribution in [3.63, 3.8) is 0 Å². The highest BCUT2D eigenvalue weighted by Gasteiger charge is 2.24. The molecule has 5 nitrogen and oxygen atoms in total. The quantitative estimate of drug-likeness (QED) is 0.847. The Morgan fingerprint density at radius 2 is 1.89 bits per heavy atom. The second-order valence-electron chi connectivity index (χ2n) is 5.01. The zero-order chi connectivity index (χ0) is 14.1. The maximum absolute atomic E-state index is 12.0. The van der Waals surface area contributed by atoms with E-state index in [9.17, 15) is 16.8 Å². The molecular formula is C12H17NO4S2. The fourth-order valence-electron chi connectivity index (χ4n) is 1.74. The van der Waals surface area contributed by atoms with E-state index >= 15 is 0 Å². The fraction of sp³-hybridized carbons (Fsp3) is 0.500. The third-order valence-corrected chi connectivity index (χ3v) is 5.18. The standard InChI is InChI=1S/C12H17NO4S2/c1-18(14,15)9-11-3-2-4-12(7-11)19(16,17)13-8-10-5-6-10/h2-4,7,10,13H,5-6,8-9H2,1H3. The highest BCUT2D eigenvalue weighted by molar-refractivity contribution is 7.90. The summed E-state index contributed by atoms with van der Waals surface area (Å²) in [6.07, 6.45) is 3.26. The molecule has 1 aromatic carbocycles. The second kappa shape index (κ2) is 5.22. The van der Waals surface area contributed by atoms with E-state index in [0.717, 1.165) is 19.1 Å². The highest BCUT2D eigenvalue weighted by atomic mass is 32.2. The Morgan fingerprint density at radius 3 is 2.47 bits per heavy atom. The minimum atomic E-state index is -3.54. The summed E-state index contributed by atoms with van der Waals surface area (Å²) >= 11 is 0. The third kappa shape index (κ3) is 4.59. The van der Waals surface area contributed by atoms with Gasteiger partial charge in [0, 0.05) is 12.8 Å². The van der Waals surface area contributed by atoms with Crippen molar-refractivity contribution in [1.29, 1.82) is 0 Å². The SMILES string of the molecule is CS(=O)(=O)Cc1cccc(S(=O)(=O)NCC2CC2)c1. The minimum absolute atomic E-state index is 0.120. The first-order valence-corrected chi connectivity index (χ1v) is 9.57. The molecular weight excluding hydrogens is 286 g/mol. The first-order valence-electron chi connectivity index (χ1n) is 6.03. The van der Waals surface area contributed by atoms with Crippen molar-refractivity contribution in [2.24, 2.45) is 5.92 Å². The van der Waals surface area contributed by atoms with Gasteiger partial charge in [-0.15, -0.1) is 0 Å². The van der Waals surface area contributed by atoms with Gasteiger partial charge in [-0.1, -0.05) is 12.1 Å². The Hall–Kier alpha value is -0.920. The number of hydrogen-bond acceptors (Lipinski definition) is 4. The van der Waals surface area contributed by atoms with Gasteiger partial charge < -0.3 is 0 Å². The average molecular weight is 303 g/mol. The average Bonchev–Trinajstić information content (AvgIpc) is 3.08. The summed E-state index contributed by atoms with van der Waals surface area (Å²) in [4.78, 5) is 0.120. The van der Waals surface area contributed by atoms with E-state index in [0.29, 0.717) is 18.0 Å². The molecule has 1 aromatic rings. The molecule has 0 spiro atoms. The Morgan fingerprint density at radius 1 is 1.21 bits per heavy atom. The number of hydrogen-bond donors (Lipinski definition) is 1. The lowest BCUT2D eigenvalue weighted by molar-refractivity contribution is 0.577. The number of rotatable bonds is 6. The van der Waals surface area contributed by atoms with Gasteiger partial charge in [0.25, 0.3) is 0 Å². The minimum Gasteiger partial charge on any atom is -0.229 e. The van der Waals surface area contributed by atoms with Crippen molar-refractivity contribution in [2.75, 3.05) is 12.8 Å². The molecule has 1 fully saturated rings. The summed E-state index contributed by atoms with van der Waals surface area (Å²) in [6.45, 7) is 0.457. The van der Waals surface area contributed by atoms with Gasteiger partial charge in [-0.3, -0.25) is 0 Å². The molecule has 0 bridgehead atoms. The first-order chi connectivity index (χ1) is 8.76. The van der Waals surface area contributed by atoms with Crippen LogP contribution >= 0.6 is 0 Å². The molecule has 106 valence electrons. The van der Waals surface area contributed by atoms with Crippen LogP contribution in [-0.4, -0.2) is 29.6 Å². The van der Waals surface area contributed by atoms with Crippen molar-refractivity contribution in [3.05, 3.63) is 29.8 Å². The van der Waals surface area contributed by atoms with E-state index in [1.807, 2.05) is 0 Å². The Bertz CT molecular complexity index is 661. The summed E-state index contributed by atoms with van der Waals surface area (Å²) in [5.41, 5.74) is 0.483. The van der Waals surface area contributed by atoms with Gasteiger partial charge in [0.15, 0.2) is 9.84 Å². The highest BCUT2D eigenvalue weighted by Crippen LogP contribution is 2.28. The monoisotopic (exact) mass is 303 g/mol. The van der Waals surface area contributed by atoms with Gasteiger partial charge in [0.1, 0.15) is 0 Å². The predicted molar refractivity (Wildman–Crippen MR) is 72.9 cm³/mol. The van der Waals surface area contributed by atoms with E-state index in [2.05, 4.69) is 4.72 Å². The fourth-order valence-corrected chi connectivity index (χ4v) is 3.71. The number of sulfonamides is 1. The third-order valence-electron chi connectivity index (χ3n) is 2.90. The van der Waals surface area contributed by atoms with Crippen LogP contribution in [0.5, 0.6) is 0 Å². The molecule has 19 heavy (non-hydrogen) atoms. The Balaban J connectivity index is 2.16. The molecule has 1 N–H and O–H groups in total. The van der Waals surface area contributed by atoms with Crippen molar-refractivity contribution in [2.45, 2.75) is 23.5 Å². The molecule has 1 aliphatic rings. The molecule has 7 heteroatoms. The molecule has 2 rings (SSSR count). The van der Waals surface area contributed by atoms with Crippen molar-refractivity contribution < 1.29 is 16.8 Å². The van der Waals surface area contributed by atoms with Crippen molar-refractivity contribution in [1.82, 2.24) is 4.72 Å². The zero-order valence-electron chi connectivity index (χ0n) is 10.7. The molecule has 0 heterocycles. The van der Waals surface area contributed by atoms with Gasteiger partial charge in [-0.25, -0.2) is 21.6 Å². The summed E-state index contributed by atoms with van der Waals surface area (Å²) in [6, 6.07) is 6.06. The molecule has 1 saturated carbocycles. The topological polar surface area (TPSA) is 80.3 Å². The summed E-state index contributed by atoms with van der Waals surface area (Å²) in [7, 11) is -6.71.